The Bertz CT molecular complexity index is 601. The van der Waals surface area contributed by atoms with Gasteiger partial charge in [-0.1, -0.05) is 0 Å². The number of morpholine rings is 1. The number of carbonyl (C=O) groups excluding carboxylic acids is 1. The highest BCUT2D eigenvalue weighted by Gasteiger charge is 2.39. The van der Waals surface area contributed by atoms with E-state index in [0.29, 0.717) is 25.7 Å². The molecule has 2 atom stereocenters. The van der Waals surface area contributed by atoms with Crippen molar-refractivity contribution < 1.29 is 9.53 Å². The highest BCUT2D eigenvalue weighted by atomic mass is 16.5. The fourth-order valence-electron chi connectivity index (χ4n) is 3.33. The molecule has 2 aliphatic rings. The van der Waals surface area contributed by atoms with E-state index in [-0.39, 0.29) is 23.7 Å². The molecule has 0 unspecified atom stereocenters. The van der Waals surface area contributed by atoms with Crippen molar-refractivity contribution in [3.63, 3.8) is 0 Å². The van der Waals surface area contributed by atoms with Gasteiger partial charge in [0.1, 0.15) is 0 Å². The number of carbonyl (C=O) groups is 1. The van der Waals surface area contributed by atoms with E-state index in [4.69, 9.17) is 4.74 Å². The minimum atomic E-state index is -0.0615. The maximum atomic E-state index is 12.8. The Balaban J connectivity index is 1.68. The van der Waals surface area contributed by atoms with E-state index in [1.807, 2.05) is 23.4 Å². The second kappa shape index (κ2) is 6.39. The van der Waals surface area contributed by atoms with Crippen molar-refractivity contribution in [2.75, 3.05) is 19.8 Å². The third kappa shape index (κ3) is 3.58. The first-order chi connectivity index (χ1) is 11.3. The molecule has 2 heterocycles. The van der Waals surface area contributed by atoms with E-state index in [1.165, 1.54) is 12.8 Å². The van der Waals surface area contributed by atoms with E-state index in [9.17, 15) is 4.79 Å². The minimum absolute atomic E-state index is 0.0191. The van der Waals surface area contributed by atoms with Gasteiger partial charge in [0, 0.05) is 18.3 Å². The SMILES string of the molecule is Cc1nn(C(C)(C)C)cc1[C@@H](C)NC(=O)N1CCOC[C@@H]1C1CC1. The second-order valence-corrected chi connectivity index (χ2v) is 8.13. The van der Waals surface area contributed by atoms with Gasteiger partial charge in [0.15, 0.2) is 0 Å². The monoisotopic (exact) mass is 334 g/mol. The largest absolute Gasteiger partial charge is 0.377 e. The van der Waals surface area contributed by atoms with Crippen LogP contribution in [0.3, 0.4) is 0 Å². The summed E-state index contributed by atoms with van der Waals surface area (Å²) in [6.45, 7) is 12.4. The maximum absolute atomic E-state index is 12.8. The number of ether oxygens (including phenoxy) is 1. The van der Waals surface area contributed by atoms with Gasteiger partial charge in [-0.2, -0.15) is 5.10 Å². The van der Waals surface area contributed by atoms with Crippen LogP contribution in [0.25, 0.3) is 0 Å². The van der Waals surface area contributed by atoms with Gasteiger partial charge in [-0.25, -0.2) is 4.79 Å². The van der Waals surface area contributed by atoms with Crippen molar-refractivity contribution in [2.24, 2.45) is 5.92 Å². The Hall–Kier alpha value is -1.56. The van der Waals surface area contributed by atoms with Gasteiger partial charge in [-0.15, -0.1) is 0 Å². The lowest BCUT2D eigenvalue weighted by atomic mass is 10.1. The van der Waals surface area contributed by atoms with Crippen LogP contribution in [0, 0.1) is 12.8 Å². The number of nitrogens with one attached hydrogen (secondary N) is 1. The molecule has 1 aromatic heterocycles. The molecule has 1 aliphatic heterocycles. The lowest BCUT2D eigenvalue weighted by Gasteiger charge is -2.36. The predicted octanol–water partition coefficient (Wildman–Crippen LogP) is 2.83. The summed E-state index contributed by atoms with van der Waals surface area (Å²) >= 11 is 0. The normalized spacial score (nSPS) is 23.2. The first kappa shape index (κ1) is 17.3. The molecule has 24 heavy (non-hydrogen) atoms. The molecule has 1 aromatic rings. The highest BCUT2D eigenvalue weighted by molar-refractivity contribution is 5.75. The number of nitrogens with zero attached hydrogens (tertiary/aromatic N) is 3. The predicted molar refractivity (Wildman–Crippen MR) is 92.9 cm³/mol. The molecule has 0 aromatic carbocycles. The Kier molecular flexibility index (Phi) is 4.60. The molecule has 6 heteroatoms. The lowest BCUT2D eigenvalue weighted by molar-refractivity contribution is 0.00421. The van der Waals surface area contributed by atoms with Crippen molar-refractivity contribution in [3.05, 3.63) is 17.5 Å². The van der Waals surface area contributed by atoms with Crippen molar-refractivity contribution >= 4 is 6.03 Å². The fourth-order valence-corrected chi connectivity index (χ4v) is 3.33. The third-order valence-corrected chi connectivity index (χ3v) is 5.02. The van der Waals surface area contributed by atoms with Gasteiger partial charge in [0.2, 0.25) is 0 Å². The summed E-state index contributed by atoms with van der Waals surface area (Å²) in [5.41, 5.74) is 1.99. The third-order valence-electron chi connectivity index (χ3n) is 5.02. The van der Waals surface area contributed by atoms with Crippen LogP contribution in [0.4, 0.5) is 4.79 Å². The molecule has 134 valence electrons. The highest BCUT2D eigenvalue weighted by Crippen LogP contribution is 2.36. The van der Waals surface area contributed by atoms with Gasteiger partial charge in [0.25, 0.3) is 0 Å². The van der Waals surface area contributed by atoms with Crippen molar-refractivity contribution in [1.82, 2.24) is 20.0 Å². The molecular weight excluding hydrogens is 304 g/mol. The molecule has 0 spiro atoms. The zero-order valence-corrected chi connectivity index (χ0v) is 15.5. The van der Waals surface area contributed by atoms with Gasteiger partial charge in [-0.3, -0.25) is 4.68 Å². The molecular formula is C18H30N4O2. The number of amides is 2. The Labute approximate surface area is 144 Å². The molecule has 0 bridgehead atoms. The molecule has 2 fully saturated rings. The number of rotatable bonds is 3. The van der Waals surface area contributed by atoms with Crippen LogP contribution >= 0.6 is 0 Å². The second-order valence-electron chi connectivity index (χ2n) is 8.13. The van der Waals surface area contributed by atoms with Gasteiger partial charge >= 0.3 is 6.03 Å². The molecule has 0 radical (unpaired) electrons. The standard InChI is InChI=1S/C18H30N4O2/c1-12(15-10-22(18(3,4)5)20-13(15)2)19-17(23)21-8-9-24-11-16(21)14-6-7-14/h10,12,14,16H,6-9,11H2,1-5H3,(H,19,23)/t12-,16-/m1/s1. The molecule has 3 rings (SSSR count). The lowest BCUT2D eigenvalue weighted by Crippen LogP contribution is -2.53. The van der Waals surface area contributed by atoms with Gasteiger partial charge in [-0.05, 0) is 53.4 Å². The molecule has 1 saturated heterocycles. The summed E-state index contributed by atoms with van der Waals surface area (Å²) in [7, 11) is 0. The number of aromatic nitrogens is 2. The summed E-state index contributed by atoms with van der Waals surface area (Å²) in [6.07, 6.45) is 4.48. The van der Waals surface area contributed by atoms with Crippen molar-refractivity contribution in [2.45, 2.75) is 65.1 Å². The van der Waals surface area contributed by atoms with E-state index < -0.39 is 0 Å². The Morgan fingerprint density at radius 3 is 2.71 bits per heavy atom. The topological polar surface area (TPSA) is 59.4 Å². The van der Waals surface area contributed by atoms with E-state index in [1.54, 1.807) is 0 Å². The van der Waals surface area contributed by atoms with Crippen LogP contribution < -0.4 is 5.32 Å². The van der Waals surface area contributed by atoms with Crippen LogP contribution in [0.15, 0.2) is 6.20 Å². The first-order valence-corrected chi connectivity index (χ1v) is 8.99. The average Bonchev–Trinajstić information content (AvgIpc) is 3.28. The number of aryl methyl sites for hydroxylation is 1. The van der Waals surface area contributed by atoms with Crippen LogP contribution in [-0.2, 0) is 10.3 Å². The van der Waals surface area contributed by atoms with Crippen LogP contribution in [0.2, 0.25) is 0 Å². The number of urea groups is 1. The van der Waals surface area contributed by atoms with Crippen molar-refractivity contribution in [1.29, 1.82) is 0 Å². The average molecular weight is 334 g/mol. The molecule has 1 saturated carbocycles. The minimum Gasteiger partial charge on any atom is -0.377 e. The zero-order valence-electron chi connectivity index (χ0n) is 15.5. The summed E-state index contributed by atoms with van der Waals surface area (Å²) in [5.74, 6) is 0.622. The molecule has 6 nitrogen and oxygen atoms in total. The number of hydrogen-bond donors (Lipinski definition) is 1. The molecule has 1 N–H and O–H groups in total. The van der Waals surface area contributed by atoms with Crippen LogP contribution in [-0.4, -0.2) is 46.5 Å². The fraction of sp³-hybridized carbons (Fsp3) is 0.778. The smallest absolute Gasteiger partial charge is 0.318 e. The van der Waals surface area contributed by atoms with E-state index in [0.717, 1.165) is 11.3 Å². The van der Waals surface area contributed by atoms with Crippen molar-refractivity contribution in [3.8, 4) is 0 Å². The van der Waals surface area contributed by atoms with Crippen LogP contribution in [0.1, 0.15) is 57.8 Å². The quantitative estimate of drug-likeness (QED) is 0.925. The van der Waals surface area contributed by atoms with Gasteiger partial charge in [0.05, 0.1) is 36.5 Å². The van der Waals surface area contributed by atoms with Gasteiger partial charge < -0.3 is 15.0 Å². The summed E-state index contributed by atoms with van der Waals surface area (Å²) < 4.78 is 7.55. The summed E-state index contributed by atoms with van der Waals surface area (Å²) in [4.78, 5) is 14.7. The molecule has 1 aliphatic carbocycles. The Morgan fingerprint density at radius 1 is 1.42 bits per heavy atom. The van der Waals surface area contributed by atoms with E-state index in [2.05, 4.69) is 37.4 Å². The number of hydrogen-bond acceptors (Lipinski definition) is 3. The van der Waals surface area contributed by atoms with E-state index >= 15 is 0 Å². The Morgan fingerprint density at radius 2 is 2.12 bits per heavy atom. The molecule has 2 amide bonds. The van der Waals surface area contributed by atoms with Crippen LogP contribution in [0.5, 0.6) is 0 Å². The first-order valence-electron chi connectivity index (χ1n) is 8.99. The summed E-state index contributed by atoms with van der Waals surface area (Å²) in [6, 6.07) is 0.200. The maximum Gasteiger partial charge on any atom is 0.318 e. The zero-order chi connectivity index (χ0) is 17.5. The summed E-state index contributed by atoms with van der Waals surface area (Å²) in [5, 5.41) is 7.77.